The molecule has 1 amide bonds. The fourth-order valence-electron chi connectivity index (χ4n) is 1.69. The Hall–Kier alpha value is -1.88. The van der Waals surface area contributed by atoms with Crippen LogP contribution in [0.5, 0.6) is 0 Å². The first-order valence-corrected chi connectivity index (χ1v) is 6.43. The minimum Gasteiger partial charge on any atom is -0.481 e. The minimum absolute atomic E-state index is 0.0598. The average Bonchev–Trinajstić information content (AvgIpc) is 2.38. The second kappa shape index (κ2) is 8.26. The predicted octanol–water partition coefficient (Wildman–Crippen LogP) is 1.64. The van der Waals surface area contributed by atoms with Crippen LogP contribution >= 0.6 is 0 Å². The van der Waals surface area contributed by atoms with Crippen LogP contribution in [0.25, 0.3) is 0 Å². The van der Waals surface area contributed by atoms with Crippen molar-refractivity contribution in [2.45, 2.75) is 26.2 Å². The van der Waals surface area contributed by atoms with E-state index in [0.717, 1.165) is 12.1 Å². The van der Waals surface area contributed by atoms with E-state index >= 15 is 0 Å². The van der Waals surface area contributed by atoms with E-state index in [9.17, 15) is 9.59 Å². The first kappa shape index (κ1) is 15.2. The highest BCUT2D eigenvalue weighted by Crippen LogP contribution is 2.17. The van der Waals surface area contributed by atoms with E-state index in [-0.39, 0.29) is 12.3 Å². The highest BCUT2D eigenvalue weighted by Gasteiger charge is 2.07. The highest BCUT2D eigenvalue weighted by atomic mass is 16.4. The molecule has 0 aliphatic heterocycles. The van der Waals surface area contributed by atoms with Gasteiger partial charge in [0.15, 0.2) is 0 Å². The van der Waals surface area contributed by atoms with Crippen molar-refractivity contribution in [2.24, 2.45) is 0 Å². The molecule has 0 saturated heterocycles. The summed E-state index contributed by atoms with van der Waals surface area (Å²) in [4.78, 5) is 22.3. The summed E-state index contributed by atoms with van der Waals surface area (Å²) in [5.74, 6) is -0.906. The topological polar surface area (TPSA) is 78.4 Å². The van der Waals surface area contributed by atoms with Crippen molar-refractivity contribution in [1.29, 1.82) is 0 Å². The van der Waals surface area contributed by atoms with Crippen molar-refractivity contribution in [3.8, 4) is 0 Å². The number of rotatable bonds is 8. The Bertz CT molecular complexity index is 432. The van der Waals surface area contributed by atoms with Gasteiger partial charge in [0.05, 0.1) is 0 Å². The number of aliphatic carboxylic acids is 1. The fraction of sp³-hybridized carbons (Fsp3) is 0.429. The van der Waals surface area contributed by atoms with Crippen molar-refractivity contribution in [2.75, 3.05) is 18.4 Å². The summed E-state index contributed by atoms with van der Waals surface area (Å²) in [5, 5.41) is 14.6. The largest absolute Gasteiger partial charge is 0.481 e. The third kappa shape index (κ3) is 6.01. The zero-order valence-electron chi connectivity index (χ0n) is 11.1. The number of benzene rings is 1. The summed E-state index contributed by atoms with van der Waals surface area (Å²) in [7, 11) is 0. The summed E-state index contributed by atoms with van der Waals surface area (Å²) < 4.78 is 0. The molecule has 0 aliphatic carbocycles. The van der Waals surface area contributed by atoms with Crippen LogP contribution in [-0.2, 0) is 16.0 Å². The van der Waals surface area contributed by atoms with Gasteiger partial charge in [0.1, 0.15) is 0 Å². The van der Waals surface area contributed by atoms with Crippen molar-refractivity contribution in [1.82, 2.24) is 5.32 Å². The number of carbonyl (C=O) groups excluding carboxylic acids is 1. The van der Waals surface area contributed by atoms with E-state index in [2.05, 4.69) is 10.6 Å². The van der Waals surface area contributed by atoms with Crippen LogP contribution in [0, 0.1) is 0 Å². The highest BCUT2D eigenvalue weighted by molar-refractivity contribution is 5.91. The van der Waals surface area contributed by atoms with Gasteiger partial charge in [0, 0.05) is 25.1 Å². The summed E-state index contributed by atoms with van der Waals surface area (Å²) in [6.07, 6.45) is 0.879. The van der Waals surface area contributed by atoms with Crippen LogP contribution < -0.4 is 10.6 Å². The summed E-state index contributed by atoms with van der Waals surface area (Å²) in [6, 6.07) is 7.29. The zero-order valence-corrected chi connectivity index (χ0v) is 11.1. The number of carboxylic acid groups (broad SMARTS) is 1. The van der Waals surface area contributed by atoms with E-state index in [4.69, 9.17) is 5.11 Å². The van der Waals surface area contributed by atoms with E-state index in [1.807, 2.05) is 25.1 Å². The van der Waals surface area contributed by atoms with Crippen LogP contribution in [0.2, 0.25) is 0 Å². The van der Waals surface area contributed by atoms with Crippen molar-refractivity contribution in [3.63, 3.8) is 0 Å². The number of nitrogens with one attached hydrogen (secondary N) is 2. The molecular formula is C14H20N2O3. The monoisotopic (exact) mass is 264 g/mol. The maximum absolute atomic E-state index is 11.7. The number of carbonyl (C=O) groups is 2. The van der Waals surface area contributed by atoms with Crippen LogP contribution in [0.3, 0.4) is 0 Å². The first-order valence-electron chi connectivity index (χ1n) is 6.43. The van der Waals surface area contributed by atoms with E-state index in [1.165, 1.54) is 0 Å². The number of anilines is 1. The molecule has 5 heteroatoms. The van der Waals surface area contributed by atoms with Crippen LogP contribution in [0.1, 0.15) is 25.3 Å². The molecule has 0 radical (unpaired) electrons. The second-order valence-electron chi connectivity index (χ2n) is 4.20. The average molecular weight is 264 g/mol. The van der Waals surface area contributed by atoms with E-state index < -0.39 is 5.97 Å². The van der Waals surface area contributed by atoms with Crippen LogP contribution in [-0.4, -0.2) is 30.1 Å². The molecule has 0 aliphatic rings. The molecule has 0 fully saturated rings. The zero-order chi connectivity index (χ0) is 14.1. The lowest BCUT2D eigenvalue weighted by Crippen LogP contribution is -2.21. The molecule has 1 rings (SSSR count). The normalized spacial score (nSPS) is 10.2. The lowest BCUT2D eigenvalue weighted by atomic mass is 10.1. The Labute approximate surface area is 113 Å². The first-order chi connectivity index (χ1) is 9.13. The number of hydrogen-bond acceptors (Lipinski definition) is 3. The molecule has 0 bridgehead atoms. The van der Waals surface area contributed by atoms with E-state index in [1.54, 1.807) is 6.07 Å². The molecule has 3 N–H and O–H groups in total. The lowest BCUT2D eigenvalue weighted by Gasteiger charge is -2.10. The Balaban J connectivity index is 2.56. The third-order valence-corrected chi connectivity index (χ3v) is 2.68. The number of carboxylic acids is 1. The summed E-state index contributed by atoms with van der Waals surface area (Å²) in [5.41, 5.74) is 1.55. The maximum atomic E-state index is 11.7. The third-order valence-electron chi connectivity index (χ3n) is 2.68. The molecule has 104 valence electrons. The second-order valence-corrected chi connectivity index (χ2v) is 4.20. The molecule has 0 aromatic heterocycles. The SMILES string of the molecule is CCNCCC(=O)Nc1ccccc1CCC(=O)O. The summed E-state index contributed by atoms with van der Waals surface area (Å²) in [6.45, 7) is 3.46. The molecule has 5 nitrogen and oxygen atoms in total. The quantitative estimate of drug-likeness (QED) is 0.624. The Morgan fingerprint density at radius 2 is 1.95 bits per heavy atom. The van der Waals surface area contributed by atoms with E-state index in [0.29, 0.717) is 25.1 Å². The molecular weight excluding hydrogens is 244 g/mol. The number of amides is 1. The van der Waals surface area contributed by atoms with Crippen molar-refractivity contribution >= 4 is 17.6 Å². The predicted molar refractivity (Wildman–Crippen MR) is 74.2 cm³/mol. The Morgan fingerprint density at radius 1 is 1.21 bits per heavy atom. The van der Waals surface area contributed by atoms with Gasteiger partial charge < -0.3 is 15.7 Å². The van der Waals surface area contributed by atoms with Gasteiger partial charge in [0.2, 0.25) is 5.91 Å². The molecule has 0 saturated carbocycles. The number of hydrogen-bond donors (Lipinski definition) is 3. The van der Waals surface area contributed by atoms with Gasteiger partial charge in [-0.1, -0.05) is 25.1 Å². The van der Waals surface area contributed by atoms with Crippen LogP contribution in [0.4, 0.5) is 5.69 Å². The van der Waals surface area contributed by atoms with Gasteiger partial charge in [-0.05, 0) is 24.6 Å². The van der Waals surface area contributed by atoms with Gasteiger partial charge in [-0.3, -0.25) is 9.59 Å². The van der Waals surface area contributed by atoms with Gasteiger partial charge in [-0.2, -0.15) is 0 Å². The van der Waals surface area contributed by atoms with Gasteiger partial charge in [0.25, 0.3) is 0 Å². The molecule has 1 aromatic rings. The molecule has 1 aromatic carbocycles. The smallest absolute Gasteiger partial charge is 0.303 e. The Kier molecular flexibility index (Phi) is 6.60. The number of para-hydroxylation sites is 1. The summed E-state index contributed by atoms with van der Waals surface area (Å²) >= 11 is 0. The lowest BCUT2D eigenvalue weighted by molar-refractivity contribution is -0.136. The molecule has 19 heavy (non-hydrogen) atoms. The van der Waals surface area contributed by atoms with Crippen molar-refractivity contribution < 1.29 is 14.7 Å². The molecule has 0 unspecified atom stereocenters. The Morgan fingerprint density at radius 3 is 2.63 bits per heavy atom. The fourth-order valence-corrected chi connectivity index (χ4v) is 1.69. The number of aryl methyl sites for hydroxylation is 1. The van der Waals surface area contributed by atoms with Crippen molar-refractivity contribution in [3.05, 3.63) is 29.8 Å². The molecule has 0 spiro atoms. The minimum atomic E-state index is -0.840. The van der Waals surface area contributed by atoms with Crippen LogP contribution in [0.15, 0.2) is 24.3 Å². The maximum Gasteiger partial charge on any atom is 0.303 e. The molecule has 0 heterocycles. The van der Waals surface area contributed by atoms with Gasteiger partial charge >= 0.3 is 5.97 Å². The van der Waals surface area contributed by atoms with Gasteiger partial charge in [-0.25, -0.2) is 0 Å². The molecule has 0 atom stereocenters. The standard InChI is InChI=1S/C14H20N2O3/c1-2-15-10-9-13(17)16-12-6-4-3-5-11(12)7-8-14(18)19/h3-6,15H,2,7-10H2,1H3,(H,16,17)(H,18,19). The van der Waals surface area contributed by atoms with Gasteiger partial charge in [-0.15, -0.1) is 0 Å².